The van der Waals surface area contributed by atoms with Crippen LogP contribution in [-0.2, 0) is 4.74 Å². The summed E-state index contributed by atoms with van der Waals surface area (Å²) in [7, 11) is 0. The highest BCUT2D eigenvalue weighted by molar-refractivity contribution is 4.80. The fraction of sp³-hybridized carbons (Fsp3) is 0.714. The summed E-state index contributed by atoms with van der Waals surface area (Å²) in [5, 5.41) is 0. The first-order chi connectivity index (χ1) is 3.93. The Morgan fingerprint density at radius 1 is 1.75 bits per heavy atom. The first kappa shape index (κ1) is 5.83. The molecule has 8 heavy (non-hydrogen) atoms. The second-order valence-corrected chi connectivity index (χ2v) is 2.10. The number of hydrogen-bond acceptors (Lipinski definition) is 1. The van der Waals surface area contributed by atoms with Crippen LogP contribution in [0.5, 0.6) is 0 Å². The van der Waals surface area contributed by atoms with Gasteiger partial charge in [-0.05, 0) is 19.8 Å². The van der Waals surface area contributed by atoms with Gasteiger partial charge in [-0.15, -0.1) is 0 Å². The van der Waals surface area contributed by atoms with Crippen molar-refractivity contribution in [3.8, 4) is 0 Å². The molecule has 1 aliphatic rings. The summed E-state index contributed by atoms with van der Waals surface area (Å²) in [4.78, 5) is 0. The Balaban J connectivity index is 1.88. The van der Waals surface area contributed by atoms with Crippen molar-refractivity contribution in [2.75, 3.05) is 6.61 Å². The van der Waals surface area contributed by atoms with E-state index in [0.717, 1.165) is 6.61 Å². The zero-order chi connectivity index (χ0) is 5.82. The molecule has 46 valence electrons. The minimum atomic E-state index is 0.603. The van der Waals surface area contributed by atoms with E-state index >= 15 is 0 Å². The van der Waals surface area contributed by atoms with E-state index in [1.807, 2.05) is 6.92 Å². The highest BCUT2D eigenvalue weighted by Gasteiger charge is 2.20. The third-order valence-corrected chi connectivity index (χ3v) is 1.29. The predicted molar refractivity (Wildman–Crippen MR) is 33.8 cm³/mol. The SMILES string of the molecule is C/C=C\CC[C@@H]1CO1. The maximum atomic E-state index is 5.02. The van der Waals surface area contributed by atoms with Crippen LogP contribution in [0.1, 0.15) is 19.8 Å². The third-order valence-electron chi connectivity index (χ3n) is 1.29. The van der Waals surface area contributed by atoms with Crippen molar-refractivity contribution in [1.82, 2.24) is 0 Å². The smallest absolute Gasteiger partial charge is 0.0812 e. The Labute approximate surface area is 50.3 Å². The first-order valence-electron chi connectivity index (χ1n) is 3.16. The fourth-order valence-electron chi connectivity index (χ4n) is 0.683. The zero-order valence-electron chi connectivity index (χ0n) is 5.26. The molecule has 0 N–H and O–H groups in total. The Morgan fingerprint density at radius 2 is 2.50 bits per heavy atom. The summed E-state index contributed by atoms with van der Waals surface area (Å²) in [5.41, 5.74) is 0. The van der Waals surface area contributed by atoms with Crippen LogP contribution in [0.4, 0.5) is 0 Å². The molecule has 1 heterocycles. The first-order valence-corrected chi connectivity index (χ1v) is 3.16. The Morgan fingerprint density at radius 3 is 3.00 bits per heavy atom. The van der Waals surface area contributed by atoms with E-state index in [1.165, 1.54) is 12.8 Å². The lowest BCUT2D eigenvalue weighted by atomic mass is 10.2. The van der Waals surface area contributed by atoms with Crippen LogP contribution >= 0.6 is 0 Å². The Hall–Kier alpha value is -0.300. The van der Waals surface area contributed by atoms with Gasteiger partial charge in [0.1, 0.15) is 0 Å². The molecule has 0 aromatic rings. The summed E-state index contributed by atoms with van der Waals surface area (Å²) in [6, 6.07) is 0. The molecule has 0 unspecified atom stereocenters. The molecule has 1 rings (SSSR count). The van der Waals surface area contributed by atoms with Gasteiger partial charge >= 0.3 is 0 Å². The summed E-state index contributed by atoms with van der Waals surface area (Å²) >= 11 is 0. The van der Waals surface area contributed by atoms with Crippen LogP contribution in [-0.4, -0.2) is 12.7 Å². The maximum absolute atomic E-state index is 5.02. The van der Waals surface area contributed by atoms with Crippen molar-refractivity contribution in [1.29, 1.82) is 0 Å². The van der Waals surface area contributed by atoms with Crippen LogP contribution in [0.2, 0.25) is 0 Å². The van der Waals surface area contributed by atoms with Gasteiger partial charge in [-0.2, -0.15) is 0 Å². The number of allylic oxidation sites excluding steroid dienone is 2. The van der Waals surface area contributed by atoms with E-state index in [-0.39, 0.29) is 0 Å². The second kappa shape index (κ2) is 2.88. The average Bonchev–Trinajstić information content (AvgIpc) is 2.51. The van der Waals surface area contributed by atoms with Crippen LogP contribution < -0.4 is 0 Å². The van der Waals surface area contributed by atoms with Crippen molar-refractivity contribution >= 4 is 0 Å². The lowest BCUT2D eigenvalue weighted by Crippen LogP contribution is -1.80. The molecule has 0 spiro atoms. The van der Waals surface area contributed by atoms with Gasteiger partial charge in [-0.1, -0.05) is 12.2 Å². The minimum Gasteiger partial charge on any atom is -0.373 e. The zero-order valence-corrected chi connectivity index (χ0v) is 5.26. The lowest BCUT2D eigenvalue weighted by molar-refractivity contribution is 0.398. The molecule has 1 saturated heterocycles. The summed E-state index contributed by atoms with van der Waals surface area (Å²) in [6.45, 7) is 3.05. The molecule has 0 saturated carbocycles. The Kier molecular flexibility index (Phi) is 2.10. The molecule has 1 aliphatic heterocycles. The molecule has 1 nitrogen and oxygen atoms in total. The quantitative estimate of drug-likeness (QED) is 0.400. The van der Waals surface area contributed by atoms with Gasteiger partial charge in [-0.3, -0.25) is 0 Å². The van der Waals surface area contributed by atoms with E-state index < -0.39 is 0 Å². The summed E-state index contributed by atoms with van der Waals surface area (Å²) in [5.74, 6) is 0. The van der Waals surface area contributed by atoms with Crippen molar-refractivity contribution < 1.29 is 4.74 Å². The maximum Gasteiger partial charge on any atom is 0.0812 e. The van der Waals surface area contributed by atoms with Crippen molar-refractivity contribution in [3.05, 3.63) is 12.2 Å². The monoisotopic (exact) mass is 112 g/mol. The number of rotatable bonds is 3. The molecule has 0 bridgehead atoms. The van der Waals surface area contributed by atoms with Crippen LogP contribution in [0.3, 0.4) is 0 Å². The molecular weight excluding hydrogens is 100 g/mol. The molecule has 0 radical (unpaired) electrons. The van der Waals surface area contributed by atoms with Gasteiger partial charge in [0.2, 0.25) is 0 Å². The Bertz CT molecular complexity index is 82.4. The second-order valence-electron chi connectivity index (χ2n) is 2.10. The summed E-state index contributed by atoms with van der Waals surface area (Å²) < 4.78 is 5.02. The van der Waals surface area contributed by atoms with Crippen molar-refractivity contribution in [2.24, 2.45) is 0 Å². The van der Waals surface area contributed by atoms with Crippen LogP contribution in [0.25, 0.3) is 0 Å². The lowest BCUT2D eigenvalue weighted by Gasteiger charge is -1.84. The molecule has 0 amide bonds. The van der Waals surface area contributed by atoms with Gasteiger partial charge in [0.25, 0.3) is 0 Å². The largest absolute Gasteiger partial charge is 0.373 e. The topological polar surface area (TPSA) is 12.5 Å². The molecular formula is C7H12O. The van der Waals surface area contributed by atoms with Crippen molar-refractivity contribution in [3.63, 3.8) is 0 Å². The van der Waals surface area contributed by atoms with E-state index in [1.54, 1.807) is 0 Å². The van der Waals surface area contributed by atoms with E-state index in [2.05, 4.69) is 12.2 Å². The molecule has 0 aromatic heterocycles. The van der Waals surface area contributed by atoms with Gasteiger partial charge in [0.05, 0.1) is 12.7 Å². The normalized spacial score (nSPS) is 26.9. The fourth-order valence-corrected chi connectivity index (χ4v) is 0.683. The molecule has 1 fully saturated rings. The van der Waals surface area contributed by atoms with Crippen LogP contribution in [0, 0.1) is 0 Å². The van der Waals surface area contributed by atoms with Gasteiger partial charge in [0.15, 0.2) is 0 Å². The van der Waals surface area contributed by atoms with Gasteiger partial charge < -0.3 is 4.74 Å². The van der Waals surface area contributed by atoms with Crippen LogP contribution in [0.15, 0.2) is 12.2 Å². The third kappa shape index (κ3) is 2.12. The number of ether oxygens (including phenoxy) is 1. The van der Waals surface area contributed by atoms with Gasteiger partial charge in [0, 0.05) is 0 Å². The molecule has 0 aliphatic carbocycles. The van der Waals surface area contributed by atoms with Crippen molar-refractivity contribution in [2.45, 2.75) is 25.9 Å². The predicted octanol–water partition coefficient (Wildman–Crippen LogP) is 1.74. The molecule has 1 heteroatoms. The highest BCUT2D eigenvalue weighted by Crippen LogP contribution is 2.15. The average molecular weight is 112 g/mol. The molecule has 1 atom stereocenters. The number of hydrogen-bond donors (Lipinski definition) is 0. The van der Waals surface area contributed by atoms with E-state index in [9.17, 15) is 0 Å². The molecule has 0 aromatic carbocycles. The number of epoxide rings is 1. The van der Waals surface area contributed by atoms with E-state index in [4.69, 9.17) is 4.74 Å². The van der Waals surface area contributed by atoms with E-state index in [0.29, 0.717) is 6.10 Å². The van der Waals surface area contributed by atoms with Gasteiger partial charge in [-0.25, -0.2) is 0 Å². The minimum absolute atomic E-state index is 0.603. The summed E-state index contributed by atoms with van der Waals surface area (Å²) in [6.07, 6.45) is 7.27. The standard InChI is InChI=1S/C7H12O/c1-2-3-4-5-7-6-8-7/h2-3,7H,4-6H2,1H3/b3-2-/t7-/m1/s1. The highest BCUT2D eigenvalue weighted by atomic mass is 16.6.